The third-order valence-electron chi connectivity index (χ3n) is 19.4. The summed E-state index contributed by atoms with van der Waals surface area (Å²) in [5.41, 5.74) is 9.08. The number of hydrogen-bond donors (Lipinski definition) is 0. The van der Waals surface area contributed by atoms with E-state index in [1.165, 1.54) is 0 Å². The maximum atomic E-state index is 9.75. The Morgan fingerprint density at radius 3 is 0.978 bits per heavy atom. The van der Waals surface area contributed by atoms with E-state index in [9.17, 15) is 16.4 Å². The van der Waals surface area contributed by atoms with E-state index in [0.29, 0.717) is 22.7 Å². The maximum absolute atomic E-state index is 9.75. The van der Waals surface area contributed by atoms with Gasteiger partial charge in [-0.2, -0.15) is 0 Å². The molecule has 19 rings (SSSR count). The van der Waals surface area contributed by atoms with E-state index in [1.54, 1.807) is 9.13 Å². The van der Waals surface area contributed by atoms with Gasteiger partial charge in [-0.05, 0) is 160 Å². The van der Waals surface area contributed by atoms with Crippen molar-refractivity contribution < 1.29 is 21.9 Å². The van der Waals surface area contributed by atoms with Gasteiger partial charge >= 0.3 is 0 Å². The van der Waals surface area contributed by atoms with E-state index in [-0.39, 0.29) is 54.4 Å². The van der Waals surface area contributed by atoms with Gasteiger partial charge in [0.25, 0.3) is 6.71 Å². The van der Waals surface area contributed by atoms with Gasteiger partial charge in [-0.3, -0.25) is 0 Å². The Labute approximate surface area is 550 Å². The van der Waals surface area contributed by atoms with E-state index in [2.05, 4.69) is 166 Å². The normalized spacial score (nSPS) is 15.4. The first kappa shape index (κ1) is 38.5. The number of aromatic nitrogens is 4. The van der Waals surface area contributed by atoms with Crippen molar-refractivity contribution >= 4 is 153 Å². The molecule has 430 valence electrons. The summed E-state index contributed by atoms with van der Waals surface area (Å²) in [7, 11) is 0. The van der Waals surface area contributed by atoms with Gasteiger partial charge < -0.3 is 18.3 Å². The molecule has 0 aliphatic carbocycles. The van der Waals surface area contributed by atoms with Crippen LogP contribution < -0.4 is 16.4 Å². The summed E-state index contributed by atoms with van der Waals surface area (Å²) in [5.74, 6) is 0. The minimum Gasteiger partial charge on any atom is -0.310 e. The number of rotatable bonds is 2. The molecule has 13 aromatic carbocycles. The minimum atomic E-state index is -0.746. The fourth-order valence-electron chi connectivity index (χ4n) is 15.3. The first-order chi connectivity index (χ1) is 51.1. The highest BCUT2D eigenvalue weighted by molar-refractivity contribution is 7.00. The lowest BCUT2D eigenvalue weighted by Gasteiger charge is -2.36. The molecule has 0 atom stereocenters. The smallest absolute Gasteiger partial charge is 0.252 e. The van der Waals surface area contributed by atoms with Crippen molar-refractivity contribution in [1.82, 2.24) is 18.3 Å². The largest absolute Gasteiger partial charge is 0.310 e. The second-order valence-electron chi connectivity index (χ2n) is 26.4. The Morgan fingerprint density at radius 1 is 0.275 bits per heavy atom. The maximum Gasteiger partial charge on any atom is 0.252 e. The summed E-state index contributed by atoms with van der Waals surface area (Å²) in [4.78, 5) is 0. The number of hydrogen-bond acceptors (Lipinski definition) is 0. The fraction of sp³-hybridized carbons (Fsp3) is 0.0930. The monoisotopic (exact) mass is 1180 g/mol. The van der Waals surface area contributed by atoms with Crippen molar-refractivity contribution in [2.75, 3.05) is 0 Å². The standard InChI is InChI=1S/C86H63BN4/c1-85(2,3)52-39-43-60-62-27-11-21-37-78(62)90-80-49-54(88-74-33-17-13-29-64(74)65-30-14-18-34-75(65)88)41-45-72(80)87-73-46-42-55(89-76-35-19-15-31-66(76)67-32-16-20-36-77(67)89)50-81(73)91-79-38-22-12-28-63(79)61-44-40-53(86(4,5)6)48-69(61)57-24-8-10-26-59(57)71-51-70(83(90)82(87)84(71)91)58-25-9-7-23-56(58)68(60)47-52/h7-51H,1-6H3/i13D,14D,15D,16D,17D,18D,19D,20D,29D,30D,31D,32D,33D,34D,35D,36D. The predicted molar refractivity (Wildman–Crippen MR) is 391 cm³/mol. The summed E-state index contributed by atoms with van der Waals surface area (Å²) < 4.78 is 158. The highest BCUT2D eigenvalue weighted by atomic mass is 15.0. The van der Waals surface area contributed by atoms with Crippen LogP contribution in [0, 0.1) is 0 Å². The van der Waals surface area contributed by atoms with E-state index in [0.717, 1.165) is 114 Å². The van der Waals surface area contributed by atoms with Crippen LogP contribution in [0.25, 0.3) is 153 Å². The molecule has 0 amide bonds. The Balaban J connectivity index is 1.12. The molecule has 0 N–H and O–H groups in total. The molecule has 4 aromatic heterocycles. The van der Waals surface area contributed by atoms with Gasteiger partial charge in [0.2, 0.25) is 0 Å². The summed E-state index contributed by atoms with van der Waals surface area (Å²) in [5, 5.41) is 11.0. The quantitative estimate of drug-likeness (QED) is 0.154. The lowest BCUT2D eigenvalue weighted by Crippen LogP contribution is -2.59. The van der Waals surface area contributed by atoms with Crippen LogP contribution in [0.1, 0.15) is 74.6 Å². The molecule has 5 heteroatoms. The molecule has 2 aliphatic heterocycles. The van der Waals surface area contributed by atoms with E-state index in [1.807, 2.05) is 60.7 Å². The molecule has 0 saturated carbocycles. The molecule has 0 spiro atoms. The third kappa shape index (κ3) is 7.35. The van der Waals surface area contributed by atoms with Gasteiger partial charge in [-0.1, -0.05) is 235 Å². The minimum absolute atomic E-state index is 0.0337. The average Bonchev–Trinajstić information content (AvgIpc) is 1.03. The highest BCUT2D eigenvalue weighted by Gasteiger charge is 2.40. The SMILES string of the molecule is [2H]c1c([2H])c([2H])c2c(c1[2H])c1c([2H])c([2H])c([2H])c([2H])c1n2-c1ccc2c(c1)-n1c3ccccc3c3ccc(C(C)(C)C)cc3c3ccccc3c3cc4c5ccccc5c5cc(C(C)(C)C)ccc5c5ccccc5n5c4c(c31)B2c1ccc(-n2c3c([2H])c([2H])c([2H])c([2H])c3c3c([2H])c([2H])c([2H])c([2H])c32)cc1-5. The molecule has 0 bridgehead atoms. The van der Waals surface area contributed by atoms with Crippen molar-refractivity contribution in [3.63, 3.8) is 0 Å². The number of nitrogens with zero attached hydrogens (tertiary/aromatic N) is 4. The number of benzene rings is 13. The van der Waals surface area contributed by atoms with Gasteiger partial charge in [0, 0.05) is 65.8 Å². The van der Waals surface area contributed by atoms with E-state index < -0.39 is 103 Å². The van der Waals surface area contributed by atoms with E-state index >= 15 is 0 Å². The Hall–Kier alpha value is -10.9. The molecule has 91 heavy (non-hydrogen) atoms. The van der Waals surface area contributed by atoms with Gasteiger partial charge in [0.1, 0.15) is 0 Å². The zero-order valence-corrected chi connectivity index (χ0v) is 50.6. The first-order valence-corrected chi connectivity index (χ1v) is 30.9. The predicted octanol–water partition coefficient (Wildman–Crippen LogP) is 20.7. The van der Waals surface area contributed by atoms with Gasteiger partial charge in [-0.25, -0.2) is 0 Å². The lowest BCUT2D eigenvalue weighted by atomic mass is 9.34. The van der Waals surface area contributed by atoms with Gasteiger partial charge in [0.05, 0.1) is 66.1 Å². The second-order valence-corrected chi connectivity index (χ2v) is 26.4. The van der Waals surface area contributed by atoms with Crippen molar-refractivity contribution in [3.05, 3.63) is 284 Å². The summed E-state index contributed by atoms with van der Waals surface area (Å²) in [6, 6.07) is 53.4. The average molecular weight is 1180 g/mol. The summed E-state index contributed by atoms with van der Waals surface area (Å²) in [6.45, 7) is 12.5. The molecule has 17 aromatic rings. The molecular weight excluding hydrogens is 1100 g/mol. The van der Waals surface area contributed by atoms with Crippen LogP contribution in [-0.4, -0.2) is 25.0 Å². The van der Waals surface area contributed by atoms with Gasteiger partial charge in [-0.15, -0.1) is 0 Å². The Kier molecular flexibility index (Phi) is 7.97. The molecule has 0 fully saturated rings. The first-order valence-electron chi connectivity index (χ1n) is 38.9. The fourth-order valence-corrected chi connectivity index (χ4v) is 15.3. The summed E-state index contributed by atoms with van der Waals surface area (Å²) >= 11 is 0. The topological polar surface area (TPSA) is 19.7 Å². The number of para-hydroxylation sites is 6. The Bertz CT molecular complexity index is 6670. The number of fused-ring (bicyclic) bond motifs is 26. The van der Waals surface area contributed by atoms with Crippen LogP contribution in [-0.2, 0) is 10.8 Å². The van der Waals surface area contributed by atoms with Crippen LogP contribution in [0.5, 0.6) is 0 Å². The molecule has 0 radical (unpaired) electrons. The zero-order valence-electron chi connectivity index (χ0n) is 66.6. The molecule has 6 heterocycles. The van der Waals surface area contributed by atoms with Crippen LogP contribution >= 0.6 is 0 Å². The van der Waals surface area contributed by atoms with Crippen molar-refractivity contribution in [2.24, 2.45) is 0 Å². The zero-order chi connectivity index (χ0) is 74.7. The van der Waals surface area contributed by atoms with Crippen molar-refractivity contribution in [1.29, 1.82) is 0 Å². The molecule has 0 saturated heterocycles. The third-order valence-corrected chi connectivity index (χ3v) is 19.4. The summed E-state index contributed by atoms with van der Waals surface area (Å²) in [6.07, 6.45) is 0. The van der Waals surface area contributed by atoms with Crippen LogP contribution in [0.3, 0.4) is 0 Å². The molecule has 0 unspecified atom stereocenters. The van der Waals surface area contributed by atoms with Crippen LogP contribution in [0.15, 0.2) is 273 Å². The lowest BCUT2D eigenvalue weighted by molar-refractivity contribution is 0.591. The Morgan fingerprint density at radius 2 is 0.604 bits per heavy atom. The van der Waals surface area contributed by atoms with Crippen LogP contribution in [0.4, 0.5) is 0 Å². The van der Waals surface area contributed by atoms with Crippen LogP contribution in [0.2, 0.25) is 0 Å². The molecular formula is C86H63BN4. The van der Waals surface area contributed by atoms with Crippen molar-refractivity contribution in [2.45, 2.75) is 52.4 Å². The van der Waals surface area contributed by atoms with Gasteiger partial charge in [0.15, 0.2) is 0 Å². The molecule has 2 aliphatic rings. The molecule has 4 nitrogen and oxygen atoms in total. The van der Waals surface area contributed by atoms with E-state index in [4.69, 9.17) is 5.48 Å². The second kappa shape index (κ2) is 18.8. The van der Waals surface area contributed by atoms with Crippen molar-refractivity contribution in [3.8, 4) is 22.7 Å². The highest BCUT2D eigenvalue weighted by Crippen LogP contribution is 2.45.